The summed E-state index contributed by atoms with van der Waals surface area (Å²) < 4.78 is 0. The van der Waals surface area contributed by atoms with Gasteiger partial charge in [-0.25, -0.2) is 0 Å². The first-order valence-electron chi connectivity index (χ1n) is 5.57. The summed E-state index contributed by atoms with van der Waals surface area (Å²) in [5.41, 5.74) is 0. The zero-order valence-corrected chi connectivity index (χ0v) is 9.79. The van der Waals surface area contributed by atoms with Gasteiger partial charge in [-0.05, 0) is 26.8 Å². The number of hydrogen-bond acceptors (Lipinski definition) is 2. The molecule has 0 aromatic carbocycles. The minimum atomic E-state index is 0.209. The van der Waals surface area contributed by atoms with Crippen LogP contribution in [0.15, 0.2) is 0 Å². The van der Waals surface area contributed by atoms with E-state index in [0.29, 0.717) is 12.1 Å². The van der Waals surface area contributed by atoms with Gasteiger partial charge in [-0.3, -0.25) is 9.69 Å². The van der Waals surface area contributed by atoms with E-state index >= 15 is 0 Å². The molecule has 1 rings (SSSR count). The van der Waals surface area contributed by atoms with Gasteiger partial charge in [0.2, 0.25) is 5.91 Å². The molecular weight excluding hydrogens is 176 g/mol. The predicted molar refractivity (Wildman–Crippen MR) is 58.2 cm³/mol. The lowest BCUT2D eigenvalue weighted by Gasteiger charge is -2.43. The first kappa shape index (κ1) is 11.5. The molecule has 0 bridgehead atoms. The van der Waals surface area contributed by atoms with Crippen molar-refractivity contribution in [1.82, 2.24) is 9.80 Å². The van der Waals surface area contributed by atoms with Crippen molar-refractivity contribution in [1.29, 1.82) is 0 Å². The summed E-state index contributed by atoms with van der Waals surface area (Å²) in [6, 6.07) is 0.880. The van der Waals surface area contributed by atoms with Crippen LogP contribution in [-0.2, 0) is 4.79 Å². The Balaban J connectivity index is 2.57. The van der Waals surface area contributed by atoms with Gasteiger partial charge in [0.05, 0.1) is 0 Å². The summed E-state index contributed by atoms with van der Waals surface area (Å²) in [6.07, 6.45) is 1.19. The van der Waals surface area contributed by atoms with Crippen LogP contribution < -0.4 is 0 Å². The predicted octanol–water partition coefficient (Wildman–Crippen LogP) is 1.34. The van der Waals surface area contributed by atoms with E-state index in [2.05, 4.69) is 25.7 Å². The Kier molecular flexibility index (Phi) is 3.93. The first-order chi connectivity index (χ1) is 6.56. The van der Waals surface area contributed by atoms with Crippen molar-refractivity contribution < 1.29 is 4.79 Å². The molecule has 0 aliphatic carbocycles. The third-order valence-electron chi connectivity index (χ3n) is 3.03. The van der Waals surface area contributed by atoms with Gasteiger partial charge >= 0.3 is 0 Å². The summed E-state index contributed by atoms with van der Waals surface area (Å²) in [5, 5.41) is 0. The van der Waals surface area contributed by atoms with Gasteiger partial charge in [-0.1, -0.05) is 6.92 Å². The molecule has 1 amide bonds. The van der Waals surface area contributed by atoms with E-state index in [0.717, 1.165) is 19.6 Å². The van der Waals surface area contributed by atoms with Crippen LogP contribution >= 0.6 is 0 Å². The highest BCUT2D eigenvalue weighted by Crippen LogP contribution is 2.15. The van der Waals surface area contributed by atoms with Crippen molar-refractivity contribution in [3.8, 4) is 0 Å². The second-order valence-electron chi connectivity index (χ2n) is 4.36. The highest BCUT2D eigenvalue weighted by atomic mass is 16.2. The van der Waals surface area contributed by atoms with Crippen LogP contribution in [0, 0.1) is 0 Å². The smallest absolute Gasteiger partial charge is 0.219 e. The lowest BCUT2D eigenvalue weighted by molar-refractivity contribution is -0.134. The van der Waals surface area contributed by atoms with Crippen LogP contribution in [0.1, 0.15) is 34.1 Å². The van der Waals surface area contributed by atoms with Gasteiger partial charge in [0.25, 0.3) is 0 Å². The third-order valence-corrected chi connectivity index (χ3v) is 3.03. The molecule has 2 atom stereocenters. The molecule has 1 saturated heterocycles. The van der Waals surface area contributed by atoms with Crippen molar-refractivity contribution in [3.63, 3.8) is 0 Å². The van der Waals surface area contributed by atoms with Crippen LogP contribution in [-0.4, -0.2) is 47.4 Å². The summed E-state index contributed by atoms with van der Waals surface area (Å²) in [7, 11) is 0. The molecule has 82 valence electrons. The monoisotopic (exact) mass is 198 g/mol. The summed E-state index contributed by atoms with van der Waals surface area (Å²) in [4.78, 5) is 15.8. The van der Waals surface area contributed by atoms with Gasteiger partial charge in [0, 0.05) is 32.1 Å². The standard InChI is InChI=1S/C11H22N2O/c1-5-6-12-7-10(3)13(11(4)14)8-9(12)2/h9-10H,5-8H2,1-4H3/t9-,10+/m1/s1. The number of amides is 1. The first-order valence-corrected chi connectivity index (χ1v) is 5.57. The molecule has 0 N–H and O–H groups in total. The molecule has 0 aromatic rings. The number of hydrogen-bond donors (Lipinski definition) is 0. The Hall–Kier alpha value is -0.570. The zero-order chi connectivity index (χ0) is 10.7. The maximum Gasteiger partial charge on any atom is 0.219 e. The van der Waals surface area contributed by atoms with Crippen molar-refractivity contribution in [2.24, 2.45) is 0 Å². The molecule has 0 spiro atoms. The average molecular weight is 198 g/mol. The Morgan fingerprint density at radius 2 is 1.93 bits per heavy atom. The van der Waals surface area contributed by atoms with E-state index in [-0.39, 0.29) is 5.91 Å². The molecule has 1 aliphatic rings. The normalized spacial score (nSPS) is 29.3. The fourth-order valence-corrected chi connectivity index (χ4v) is 2.24. The fourth-order valence-electron chi connectivity index (χ4n) is 2.24. The lowest BCUT2D eigenvalue weighted by atomic mass is 10.1. The van der Waals surface area contributed by atoms with Crippen LogP contribution in [0.25, 0.3) is 0 Å². The zero-order valence-electron chi connectivity index (χ0n) is 9.79. The minimum Gasteiger partial charge on any atom is -0.337 e. The Bertz CT molecular complexity index is 205. The third kappa shape index (κ3) is 2.47. The quantitative estimate of drug-likeness (QED) is 0.668. The van der Waals surface area contributed by atoms with Crippen LogP contribution in [0.2, 0.25) is 0 Å². The van der Waals surface area contributed by atoms with E-state index < -0.39 is 0 Å². The largest absolute Gasteiger partial charge is 0.337 e. The molecule has 1 heterocycles. The highest BCUT2D eigenvalue weighted by Gasteiger charge is 2.29. The maximum absolute atomic E-state index is 11.3. The number of rotatable bonds is 2. The Morgan fingerprint density at radius 1 is 1.29 bits per heavy atom. The van der Waals surface area contributed by atoms with E-state index in [1.165, 1.54) is 6.42 Å². The molecule has 0 unspecified atom stereocenters. The van der Waals surface area contributed by atoms with Gasteiger partial charge in [0.15, 0.2) is 0 Å². The molecular formula is C11H22N2O. The molecule has 3 heteroatoms. The van der Waals surface area contributed by atoms with E-state index in [1.807, 2.05) is 4.90 Å². The average Bonchev–Trinajstić information content (AvgIpc) is 2.10. The molecule has 14 heavy (non-hydrogen) atoms. The Morgan fingerprint density at radius 3 is 2.43 bits per heavy atom. The number of nitrogens with zero attached hydrogens (tertiary/aromatic N) is 2. The molecule has 1 fully saturated rings. The molecule has 3 nitrogen and oxygen atoms in total. The highest BCUT2D eigenvalue weighted by molar-refractivity contribution is 5.73. The van der Waals surface area contributed by atoms with Crippen molar-refractivity contribution in [2.45, 2.75) is 46.2 Å². The van der Waals surface area contributed by atoms with Crippen molar-refractivity contribution in [2.75, 3.05) is 19.6 Å². The van der Waals surface area contributed by atoms with Crippen LogP contribution in [0.4, 0.5) is 0 Å². The number of piperazine rings is 1. The molecule has 0 radical (unpaired) electrons. The van der Waals surface area contributed by atoms with Crippen molar-refractivity contribution in [3.05, 3.63) is 0 Å². The number of carbonyl (C=O) groups is 1. The molecule has 0 aromatic heterocycles. The maximum atomic E-state index is 11.3. The fraction of sp³-hybridized carbons (Fsp3) is 0.909. The van der Waals surface area contributed by atoms with Gasteiger partial charge in [-0.2, -0.15) is 0 Å². The second-order valence-corrected chi connectivity index (χ2v) is 4.36. The molecule has 1 aliphatic heterocycles. The topological polar surface area (TPSA) is 23.6 Å². The molecule has 0 saturated carbocycles. The SMILES string of the molecule is CCCN1C[C@H](C)N(C(C)=O)C[C@H]1C. The summed E-state index contributed by atoms with van der Waals surface area (Å²) in [6.45, 7) is 11.3. The van der Waals surface area contributed by atoms with Crippen LogP contribution in [0.5, 0.6) is 0 Å². The van der Waals surface area contributed by atoms with E-state index in [1.54, 1.807) is 6.92 Å². The van der Waals surface area contributed by atoms with Gasteiger partial charge < -0.3 is 4.90 Å². The second kappa shape index (κ2) is 4.78. The summed E-state index contributed by atoms with van der Waals surface area (Å²) in [5.74, 6) is 0.209. The lowest BCUT2D eigenvalue weighted by Crippen LogP contribution is -2.57. The summed E-state index contributed by atoms with van der Waals surface area (Å²) >= 11 is 0. The van der Waals surface area contributed by atoms with Crippen molar-refractivity contribution >= 4 is 5.91 Å². The minimum absolute atomic E-state index is 0.209. The van der Waals surface area contributed by atoms with Crippen LogP contribution in [0.3, 0.4) is 0 Å². The Labute approximate surface area is 87.1 Å². The van der Waals surface area contributed by atoms with Gasteiger partial charge in [-0.15, -0.1) is 0 Å². The number of carbonyl (C=O) groups excluding carboxylic acids is 1. The van der Waals surface area contributed by atoms with E-state index in [9.17, 15) is 4.79 Å². The van der Waals surface area contributed by atoms with E-state index in [4.69, 9.17) is 0 Å². The van der Waals surface area contributed by atoms with Gasteiger partial charge in [0.1, 0.15) is 0 Å².